The van der Waals surface area contributed by atoms with Crippen LogP contribution in [0.2, 0.25) is 0 Å². The molecule has 0 atom stereocenters. The predicted molar refractivity (Wildman–Crippen MR) is 88.3 cm³/mol. The van der Waals surface area contributed by atoms with Crippen molar-refractivity contribution >= 4 is 11.9 Å². The maximum atomic E-state index is 12.3. The molecule has 0 saturated heterocycles. The van der Waals surface area contributed by atoms with E-state index in [1.807, 2.05) is 13.8 Å². The standard InChI is InChI=1S/C17H26N2O4/c1-13-8-7-11-19(15(13)22)12-17(2,3)16(23)18-10-6-4-5-9-14(20)21/h7-8,11H,4-6,9-10,12H2,1-3H3,(H,18,23)(H,20,21). The number of unbranched alkanes of at least 4 members (excludes halogenated alkanes) is 2. The summed E-state index contributed by atoms with van der Waals surface area (Å²) in [7, 11) is 0. The van der Waals surface area contributed by atoms with E-state index in [1.54, 1.807) is 29.8 Å². The lowest BCUT2D eigenvalue weighted by atomic mass is 9.92. The van der Waals surface area contributed by atoms with Crippen LogP contribution >= 0.6 is 0 Å². The Hall–Kier alpha value is -2.11. The number of rotatable bonds is 9. The summed E-state index contributed by atoms with van der Waals surface area (Å²) >= 11 is 0. The average Bonchev–Trinajstić information content (AvgIpc) is 2.46. The average molecular weight is 322 g/mol. The zero-order valence-electron chi connectivity index (χ0n) is 14.1. The molecule has 0 fully saturated rings. The Balaban J connectivity index is 2.46. The molecule has 0 spiro atoms. The zero-order valence-corrected chi connectivity index (χ0v) is 14.1. The van der Waals surface area contributed by atoms with Crippen LogP contribution in [0.4, 0.5) is 0 Å². The van der Waals surface area contributed by atoms with Crippen molar-refractivity contribution in [2.24, 2.45) is 5.41 Å². The fraction of sp³-hybridized carbons (Fsp3) is 0.588. The Labute approximate surface area is 136 Å². The van der Waals surface area contributed by atoms with Crippen molar-refractivity contribution in [3.63, 3.8) is 0 Å². The molecule has 6 nitrogen and oxygen atoms in total. The van der Waals surface area contributed by atoms with Crippen LogP contribution in [-0.4, -0.2) is 28.1 Å². The lowest BCUT2D eigenvalue weighted by Gasteiger charge is -2.24. The number of carboxylic acids is 1. The number of hydrogen-bond acceptors (Lipinski definition) is 3. The Bertz CT molecular complexity index is 605. The number of aromatic nitrogens is 1. The van der Waals surface area contributed by atoms with Gasteiger partial charge in [-0.25, -0.2) is 0 Å². The molecule has 1 aromatic heterocycles. The van der Waals surface area contributed by atoms with Crippen molar-refractivity contribution < 1.29 is 14.7 Å². The Morgan fingerprint density at radius 2 is 1.96 bits per heavy atom. The van der Waals surface area contributed by atoms with E-state index in [0.717, 1.165) is 12.8 Å². The van der Waals surface area contributed by atoms with Gasteiger partial charge in [-0.1, -0.05) is 12.5 Å². The molecule has 0 aliphatic carbocycles. The molecule has 0 radical (unpaired) electrons. The zero-order chi connectivity index (χ0) is 17.5. The van der Waals surface area contributed by atoms with Crippen LogP contribution in [0.3, 0.4) is 0 Å². The molecule has 0 bridgehead atoms. The van der Waals surface area contributed by atoms with E-state index in [1.165, 1.54) is 0 Å². The highest BCUT2D eigenvalue weighted by molar-refractivity contribution is 5.81. The number of pyridine rings is 1. The molecule has 23 heavy (non-hydrogen) atoms. The summed E-state index contributed by atoms with van der Waals surface area (Å²) in [6.07, 6.45) is 3.99. The summed E-state index contributed by atoms with van der Waals surface area (Å²) < 4.78 is 1.56. The van der Waals surface area contributed by atoms with Gasteiger partial charge in [0.15, 0.2) is 0 Å². The molecule has 6 heteroatoms. The van der Waals surface area contributed by atoms with Crippen LogP contribution in [0.25, 0.3) is 0 Å². The molecule has 2 N–H and O–H groups in total. The van der Waals surface area contributed by atoms with Crippen LogP contribution in [-0.2, 0) is 16.1 Å². The van der Waals surface area contributed by atoms with Crippen molar-refractivity contribution in [2.75, 3.05) is 6.54 Å². The van der Waals surface area contributed by atoms with Gasteiger partial charge in [-0.15, -0.1) is 0 Å². The van der Waals surface area contributed by atoms with Crippen LogP contribution in [0.15, 0.2) is 23.1 Å². The summed E-state index contributed by atoms with van der Waals surface area (Å²) in [4.78, 5) is 34.7. The van der Waals surface area contributed by atoms with Gasteiger partial charge >= 0.3 is 5.97 Å². The second kappa shape index (κ2) is 8.50. The van der Waals surface area contributed by atoms with Crippen molar-refractivity contribution in [3.05, 3.63) is 34.2 Å². The molecule has 0 aliphatic rings. The maximum Gasteiger partial charge on any atom is 0.303 e. The van der Waals surface area contributed by atoms with Gasteiger partial charge in [-0.05, 0) is 39.7 Å². The van der Waals surface area contributed by atoms with Gasteiger partial charge < -0.3 is 15.0 Å². The van der Waals surface area contributed by atoms with Gasteiger partial charge in [0.25, 0.3) is 5.56 Å². The van der Waals surface area contributed by atoms with E-state index in [2.05, 4.69) is 5.32 Å². The van der Waals surface area contributed by atoms with Gasteiger partial charge in [-0.2, -0.15) is 0 Å². The molecule has 1 aromatic rings. The van der Waals surface area contributed by atoms with E-state index in [-0.39, 0.29) is 17.9 Å². The minimum absolute atomic E-state index is 0.0814. The lowest BCUT2D eigenvalue weighted by molar-refractivity contribution is -0.137. The maximum absolute atomic E-state index is 12.3. The molecule has 1 heterocycles. The molecule has 1 rings (SSSR count). The van der Waals surface area contributed by atoms with Crippen LogP contribution in [0.1, 0.15) is 45.1 Å². The van der Waals surface area contributed by atoms with Gasteiger partial charge in [0, 0.05) is 31.3 Å². The first-order valence-corrected chi connectivity index (χ1v) is 7.90. The number of nitrogens with zero attached hydrogens (tertiary/aromatic N) is 1. The molecular weight excluding hydrogens is 296 g/mol. The minimum Gasteiger partial charge on any atom is -0.481 e. The van der Waals surface area contributed by atoms with Crippen LogP contribution < -0.4 is 10.9 Å². The third-order valence-electron chi connectivity index (χ3n) is 3.74. The Morgan fingerprint density at radius 1 is 1.26 bits per heavy atom. The molecule has 0 aliphatic heterocycles. The highest BCUT2D eigenvalue weighted by Gasteiger charge is 2.28. The lowest BCUT2D eigenvalue weighted by Crippen LogP contribution is -2.42. The molecular formula is C17H26N2O4. The van der Waals surface area contributed by atoms with Crippen molar-refractivity contribution in [2.45, 2.75) is 53.0 Å². The number of nitrogens with one attached hydrogen (secondary N) is 1. The first kappa shape index (κ1) is 18.9. The smallest absolute Gasteiger partial charge is 0.303 e. The Morgan fingerprint density at radius 3 is 2.61 bits per heavy atom. The fourth-order valence-corrected chi connectivity index (χ4v) is 2.30. The monoisotopic (exact) mass is 322 g/mol. The molecule has 0 aromatic carbocycles. The third-order valence-corrected chi connectivity index (χ3v) is 3.74. The van der Waals surface area contributed by atoms with Crippen LogP contribution in [0, 0.1) is 12.3 Å². The predicted octanol–water partition coefficient (Wildman–Crippen LogP) is 1.94. The molecule has 1 amide bonds. The summed E-state index contributed by atoms with van der Waals surface area (Å²) in [5, 5.41) is 11.4. The van der Waals surface area contributed by atoms with E-state index in [0.29, 0.717) is 25.1 Å². The normalized spacial score (nSPS) is 11.3. The summed E-state index contributed by atoms with van der Waals surface area (Å²) in [6, 6.07) is 3.55. The van der Waals surface area contributed by atoms with Gasteiger partial charge in [-0.3, -0.25) is 14.4 Å². The largest absolute Gasteiger partial charge is 0.481 e. The quantitative estimate of drug-likeness (QED) is 0.680. The molecule has 0 unspecified atom stereocenters. The van der Waals surface area contributed by atoms with Gasteiger partial charge in [0.1, 0.15) is 0 Å². The number of carbonyl (C=O) groups excluding carboxylic acids is 1. The van der Waals surface area contributed by atoms with Gasteiger partial charge in [0.05, 0.1) is 5.41 Å². The number of carbonyl (C=O) groups is 2. The van der Waals surface area contributed by atoms with E-state index < -0.39 is 11.4 Å². The molecule has 0 saturated carbocycles. The number of hydrogen-bond donors (Lipinski definition) is 2. The van der Waals surface area contributed by atoms with E-state index in [9.17, 15) is 14.4 Å². The SMILES string of the molecule is Cc1cccn(CC(C)(C)C(=O)NCCCCCC(=O)O)c1=O. The summed E-state index contributed by atoms with van der Waals surface area (Å²) in [6.45, 7) is 6.20. The van der Waals surface area contributed by atoms with Crippen molar-refractivity contribution in [1.82, 2.24) is 9.88 Å². The summed E-state index contributed by atoms with van der Waals surface area (Å²) in [5.41, 5.74) is -0.122. The summed E-state index contributed by atoms with van der Waals surface area (Å²) in [5.74, 6) is -0.900. The first-order valence-electron chi connectivity index (χ1n) is 7.90. The highest BCUT2D eigenvalue weighted by atomic mass is 16.4. The fourth-order valence-electron chi connectivity index (χ4n) is 2.30. The highest BCUT2D eigenvalue weighted by Crippen LogP contribution is 2.17. The van der Waals surface area contributed by atoms with Crippen molar-refractivity contribution in [3.8, 4) is 0 Å². The molecule has 128 valence electrons. The van der Waals surface area contributed by atoms with Crippen molar-refractivity contribution in [1.29, 1.82) is 0 Å². The number of aliphatic carboxylic acids is 1. The second-order valence-electron chi connectivity index (χ2n) is 6.47. The second-order valence-corrected chi connectivity index (χ2v) is 6.47. The number of carboxylic acid groups (broad SMARTS) is 1. The minimum atomic E-state index is -0.793. The number of amides is 1. The first-order chi connectivity index (χ1) is 10.7. The topological polar surface area (TPSA) is 88.4 Å². The van der Waals surface area contributed by atoms with Crippen LogP contribution in [0.5, 0.6) is 0 Å². The van der Waals surface area contributed by atoms with E-state index in [4.69, 9.17) is 5.11 Å². The number of aryl methyl sites for hydroxylation is 1. The Kier molecular flexibility index (Phi) is 7.00. The van der Waals surface area contributed by atoms with Gasteiger partial charge in [0.2, 0.25) is 5.91 Å². The van der Waals surface area contributed by atoms with E-state index >= 15 is 0 Å². The third kappa shape index (κ3) is 6.26.